The quantitative estimate of drug-likeness (QED) is 0.730. The van der Waals surface area contributed by atoms with E-state index in [0.717, 1.165) is 21.9 Å². The van der Waals surface area contributed by atoms with E-state index in [0.29, 0.717) is 10.7 Å². The first-order valence-corrected chi connectivity index (χ1v) is 7.35. The average Bonchev–Trinajstić information content (AvgIpc) is 3.05. The van der Waals surface area contributed by atoms with Gasteiger partial charge in [-0.25, -0.2) is 0 Å². The summed E-state index contributed by atoms with van der Waals surface area (Å²) >= 11 is 7.32. The maximum Gasteiger partial charge on any atom is 0.141 e. The molecule has 0 heterocycles. The molecule has 2 nitrogen and oxygen atoms in total. The Morgan fingerprint density at radius 1 is 1.29 bits per heavy atom. The van der Waals surface area contributed by atoms with Crippen LogP contribution in [0, 0.1) is 11.8 Å². The van der Waals surface area contributed by atoms with Crippen LogP contribution in [0.2, 0.25) is 0 Å². The summed E-state index contributed by atoms with van der Waals surface area (Å²) in [5.41, 5.74) is 1.19. The van der Waals surface area contributed by atoms with E-state index in [1.54, 1.807) is 14.2 Å². The lowest BCUT2D eigenvalue weighted by Crippen LogP contribution is -2.00. The molecule has 94 valence electrons. The van der Waals surface area contributed by atoms with Gasteiger partial charge in [-0.3, -0.25) is 0 Å². The van der Waals surface area contributed by atoms with E-state index in [4.69, 9.17) is 9.47 Å². The number of rotatable bonds is 4. The molecule has 0 amide bonds. The standard InChI is InChI=1S/C13H16Br2O2/c1-7-6-9(7)11(14)8-4-5-10(16-2)12(15)13(8)17-3/h4-5,7,9,11H,6H2,1-3H3. The Labute approximate surface area is 119 Å². The number of hydrogen-bond acceptors (Lipinski definition) is 2. The highest BCUT2D eigenvalue weighted by Gasteiger charge is 2.40. The van der Waals surface area contributed by atoms with E-state index < -0.39 is 0 Å². The zero-order valence-corrected chi connectivity index (χ0v) is 13.3. The fraction of sp³-hybridized carbons (Fsp3) is 0.538. The van der Waals surface area contributed by atoms with E-state index in [1.807, 2.05) is 6.07 Å². The topological polar surface area (TPSA) is 18.5 Å². The summed E-state index contributed by atoms with van der Waals surface area (Å²) in [7, 11) is 3.35. The van der Waals surface area contributed by atoms with Crippen molar-refractivity contribution in [1.82, 2.24) is 0 Å². The van der Waals surface area contributed by atoms with Crippen molar-refractivity contribution in [3.05, 3.63) is 22.2 Å². The number of hydrogen-bond donors (Lipinski definition) is 0. The maximum absolute atomic E-state index is 5.50. The van der Waals surface area contributed by atoms with Gasteiger partial charge in [-0.2, -0.15) is 0 Å². The molecule has 0 bridgehead atoms. The highest BCUT2D eigenvalue weighted by molar-refractivity contribution is 9.10. The Balaban J connectivity index is 2.36. The number of alkyl halides is 1. The molecule has 0 radical (unpaired) electrons. The van der Waals surface area contributed by atoms with Crippen molar-refractivity contribution in [1.29, 1.82) is 0 Å². The number of benzene rings is 1. The van der Waals surface area contributed by atoms with Gasteiger partial charge in [0.05, 0.1) is 14.2 Å². The minimum atomic E-state index is 0.356. The van der Waals surface area contributed by atoms with Crippen molar-refractivity contribution >= 4 is 31.9 Å². The van der Waals surface area contributed by atoms with Gasteiger partial charge in [-0.05, 0) is 40.3 Å². The minimum absolute atomic E-state index is 0.356. The molecule has 0 saturated heterocycles. The Morgan fingerprint density at radius 2 is 1.94 bits per heavy atom. The summed E-state index contributed by atoms with van der Waals surface area (Å²) in [5, 5.41) is 0. The van der Waals surface area contributed by atoms with Crippen molar-refractivity contribution in [2.45, 2.75) is 18.2 Å². The van der Waals surface area contributed by atoms with Gasteiger partial charge in [0.1, 0.15) is 16.0 Å². The maximum atomic E-state index is 5.50. The van der Waals surface area contributed by atoms with Crippen LogP contribution in [-0.2, 0) is 0 Å². The first-order valence-electron chi connectivity index (χ1n) is 5.64. The highest BCUT2D eigenvalue weighted by atomic mass is 79.9. The van der Waals surface area contributed by atoms with Gasteiger partial charge >= 0.3 is 0 Å². The van der Waals surface area contributed by atoms with Crippen LogP contribution in [0.1, 0.15) is 23.7 Å². The molecule has 17 heavy (non-hydrogen) atoms. The Bertz CT molecular complexity index is 420. The monoisotopic (exact) mass is 362 g/mol. The van der Waals surface area contributed by atoms with Crippen LogP contribution in [0.5, 0.6) is 11.5 Å². The molecular weight excluding hydrogens is 348 g/mol. The van der Waals surface area contributed by atoms with Gasteiger partial charge in [0.15, 0.2) is 0 Å². The lowest BCUT2D eigenvalue weighted by molar-refractivity contribution is 0.385. The predicted octanol–water partition coefficient (Wildman–Crippen LogP) is 4.56. The second-order valence-corrected chi connectivity index (χ2v) is 6.26. The number of ether oxygens (including phenoxy) is 2. The molecule has 1 aromatic carbocycles. The molecule has 0 aromatic heterocycles. The first-order chi connectivity index (χ1) is 8.10. The van der Waals surface area contributed by atoms with Gasteiger partial charge in [0, 0.05) is 10.4 Å². The normalized spacial score (nSPS) is 24.3. The van der Waals surface area contributed by atoms with Crippen molar-refractivity contribution < 1.29 is 9.47 Å². The lowest BCUT2D eigenvalue weighted by atomic mass is 10.1. The number of methoxy groups -OCH3 is 2. The largest absolute Gasteiger partial charge is 0.495 e. The summed E-state index contributed by atoms with van der Waals surface area (Å²) in [6.07, 6.45) is 1.28. The molecule has 0 aliphatic heterocycles. The third kappa shape index (κ3) is 2.48. The van der Waals surface area contributed by atoms with Gasteiger partial charge in [-0.1, -0.05) is 28.9 Å². The molecule has 1 fully saturated rings. The highest BCUT2D eigenvalue weighted by Crippen LogP contribution is 2.54. The fourth-order valence-corrected chi connectivity index (χ4v) is 3.91. The molecule has 4 heteroatoms. The molecule has 1 aromatic rings. The molecule has 0 N–H and O–H groups in total. The molecular formula is C13H16Br2O2. The summed E-state index contributed by atoms with van der Waals surface area (Å²) in [5.74, 6) is 3.17. The third-order valence-electron chi connectivity index (χ3n) is 3.36. The summed E-state index contributed by atoms with van der Waals surface area (Å²) in [6, 6.07) is 4.05. The molecule has 0 spiro atoms. The van der Waals surface area contributed by atoms with E-state index in [-0.39, 0.29) is 0 Å². The zero-order chi connectivity index (χ0) is 12.6. The van der Waals surface area contributed by atoms with Crippen molar-refractivity contribution in [2.75, 3.05) is 14.2 Å². The van der Waals surface area contributed by atoms with Crippen LogP contribution in [0.3, 0.4) is 0 Å². The average molecular weight is 364 g/mol. The Kier molecular flexibility index (Phi) is 4.03. The van der Waals surface area contributed by atoms with E-state index >= 15 is 0 Å². The van der Waals surface area contributed by atoms with Crippen LogP contribution in [0.4, 0.5) is 0 Å². The lowest BCUT2D eigenvalue weighted by Gasteiger charge is -2.17. The smallest absolute Gasteiger partial charge is 0.141 e. The van der Waals surface area contributed by atoms with Crippen molar-refractivity contribution in [2.24, 2.45) is 11.8 Å². The summed E-state index contributed by atoms with van der Waals surface area (Å²) in [6.45, 7) is 2.28. The molecule has 3 unspecified atom stereocenters. The second kappa shape index (κ2) is 5.19. The van der Waals surface area contributed by atoms with Gasteiger partial charge < -0.3 is 9.47 Å². The summed E-state index contributed by atoms with van der Waals surface area (Å²) in [4.78, 5) is 0.356. The van der Waals surface area contributed by atoms with Crippen LogP contribution in [0.25, 0.3) is 0 Å². The van der Waals surface area contributed by atoms with E-state index in [9.17, 15) is 0 Å². The first kappa shape index (κ1) is 13.2. The van der Waals surface area contributed by atoms with Gasteiger partial charge in [0.25, 0.3) is 0 Å². The second-order valence-electron chi connectivity index (χ2n) is 4.48. The van der Waals surface area contributed by atoms with Gasteiger partial charge in [0.2, 0.25) is 0 Å². The Morgan fingerprint density at radius 3 is 2.41 bits per heavy atom. The van der Waals surface area contributed by atoms with Crippen LogP contribution >= 0.6 is 31.9 Å². The molecule has 1 saturated carbocycles. The predicted molar refractivity (Wildman–Crippen MR) is 76.2 cm³/mol. The Hall–Kier alpha value is -0.220. The van der Waals surface area contributed by atoms with E-state index in [1.165, 1.54) is 12.0 Å². The van der Waals surface area contributed by atoms with E-state index in [2.05, 4.69) is 44.8 Å². The van der Waals surface area contributed by atoms with Crippen LogP contribution in [0.15, 0.2) is 16.6 Å². The third-order valence-corrected chi connectivity index (χ3v) is 5.28. The minimum Gasteiger partial charge on any atom is -0.495 e. The molecule has 1 aliphatic carbocycles. The molecule has 2 rings (SSSR count). The van der Waals surface area contributed by atoms with Crippen LogP contribution < -0.4 is 9.47 Å². The van der Waals surface area contributed by atoms with Crippen LogP contribution in [-0.4, -0.2) is 14.2 Å². The molecule has 3 atom stereocenters. The van der Waals surface area contributed by atoms with Gasteiger partial charge in [-0.15, -0.1) is 0 Å². The number of halogens is 2. The SMILES string of the molecule is COc1ccc(C(Br)C2CC2C)c(OC)c1Br. The van der Waals surface area contributed by atoms with Crippen molar-refractivity contribution in [3.63, 3.8) is 0 Å². The fourth-order valence-electron chi connectivity index (χ4n) is 2.12. The zero-order valence-electron chi connectivity index (χ0n) is 10.2. The summed E-state index contributed by atoms with van der Waals surface area (Å²) < 4.78 is 11.7. The van der Waals surface area contributed by atoms with Crippen molar-refractivity contribution in [3.8, 4) is 11.5 Å². The molecule has 1 aliphatic rings.